The van der Waals surface area contributed by atoms with E-state index in [0.717, 1.165) is 23.0 Å². The van der Waals surface area contributed by atoms with E-state index in [1.165, 1.54) is 0 Å². The number of carbonyl (C=O) groups excluding carboxylic acids is 1. The lowest BCUT2D eigenvalue weighted by Gasteiger charge is -2.10. The molecular weight excluding hydrogens is 318 g/mol. The molecule has 1 aromatic carbocycles. The molecule has 1 amide bonds. The summed E-state index contributed by atoms with van der Waals surface area (Å²) >= 11 is 2.61. The van der Waals surface area contributed by atoms with Gasteiger partial charge in [0.2, 0.25) is 0 Å². The zero-order valence-corrected chi connectivity index (χ0v) is 13.1. The van der Waals surface area contributed by atoms with Crippen LogP contribution in [0.1, 0.15) is 12.0 Å². The Bertz CT molecular complexity index is 712. The van der Waals surface area contributed by atoms with Crippen LogP contribution in [0.3, 0.4) is 0 Å². The number of hydrogen-bond donors (Lipinski definition) is 2. The lowest BCUT2D eigenvalue weighted by Crippen LogP contribution is -2.26. The van der Waals surface area contributed by atoms with Crippen molar-refractivity contribution in [2.24, 2.45) is 10.2 Å². The van der Waals surface area contributed by atoms with Gasteiger partial charge in [-0.25, -0.2) is 0 Å². The summed E-state index contributed by atoms with van der Waals surface area (Å²) in [5.74, 6) is -0.470. The molecule has 0 spiro atoms. The summed E-state index contributed by atoms with van der Waals surface area (Å²) in [5, 5.41) is 25.4. The van der Waals surface area contributed by atoms with Gasteiger partial charge >= 0.3 is 0 Å². The van der Waals surface area contributed by atoms with Crippen molar-refractivity contribution in [2.75, 3.05) is 5.32 Å². The van der Waals surface area contributed by atoms with Crippen LogP contribution in [-0.4, -0.2) is 27.2 Å². The number of carbonyl (C=O) groups is 1. The number of aliphatic hydroxyl groups is 1. The lowest BCUT2D eigenvalue weighted by molar-refractivity contribution is -0.120. The van der Waals surface area contributed by atoms with Crippen LogP contribution in [0.2, 0.25) is 0 Å². The fourth-order valence-corrected chi connectivity index (χ4v) is 3.29. The minimum atomic E-state index is -1.21. The predicted molar refractivity (Wildman–Crippen MR) is 91.6 cm³/mol. The minimum absolute atomic E-state index is 0.470. The van der Waals surface area contributed by atoms with Gasteiger partial charge in [-0.3, -0.25) is 4.79 Å². The normalized spacial score (nSPS) is 15.1. The number of thiophene rings is 1. The Morgan fingerprint density at radius 1 is 1.27 bits per heavy atom. The highest BCUT2D eigenvalue weighted by Gasteiger charge is 2.23. The maximum Gasteiger partial charge on any atom is 0.264 e. The Hall–Kier alpha value is -1.96. The van der Waals surface area contributed by atoms with E-state index < -0.39 is 11.3 Å². The third-order valence-corrected chi connectivity index (χ3v) is 4.59. The third kappa shape index (κ3) is 3.62. The highest BCUT2D eigenvalue weighted by Crippen LogP contribution is 2.23. The van der Waals surface area contributed by atoms with E-state index in [4.69, 9.17) is 0 Å². The van der Waals surface area contributed by atoms with Gasteiger partial charge in [0.1, 0.15) is 5.04 Å². The topological polar surface area (TPSA) is 74.0 Å². The van der Waals surface area contributed by atoms with E-state index >= 15 is 0 Å². The van der Waals surface area contributed by atoms with Crippen LogP contribution in [0.25, 0.3) is 0 Å². The Balaban J connectivity index is 1.53. The molecule has 2 N–H and O–H groups in total. The molecular formula is C15H13N3O2S2. The van der Waals surface area contributed by atoms with Gasteiger partial charge in [-0.15, -0.1) is 5.10 Å². The summed E-state index contributed by atoms with van der Waals surface area (Å²) in [6.07, 6.45) is 0.539. The van der Waals surface area contributed by atoms with Crippen molar-refractivity contribution in [3.63, 3.8) is 0 Å². The van der Waals surface area contributed by atoms with Gasteiger partial charge < -0.3 is 10.4 Å². The Morgan fingerprint density at radius 2 is 2.09 bits per heavy atom. The number of para-hydroxylation sites is 1. The highest BCUT2D eigenvalue weighted by molar-refractivity contribution is 8.14. The molecule has 2 heterocycles. The molecule has 22 heavy (non-hydrogen) atoms. The minimum Gasteiger partial charge on any atom is -0.373 e. The summed E-state index contributed by atoms with van der Waals surface area (Å²) < 4.78 is 0. The van der Waals surface area contributed by atoms with E-state index in [1.54, 1.807) is 23.5 Å². The Kier molecular flexibility index (Phi) is 4.67. The van der Waals surface area contributed by atoms with Crippen LogP contribution >= 0.6 is 23.1 Å². The number of hydrogen-bond acceptors (Lipinski definition) is 6. The maximum atomic E-state index is 11.9. The molecule has 1 aliphatic heterocycles. The highest BCUT2D eigenvalue weighted by atomic mass is 32.2. The van der Waals surface area contributed by atoms with E-state index in [2.05, 4.69) is 15.5 Å². The van der Waals surface area contributed by atoms with Crippen LogP contribution in [0.4, 0.5) is 5.69 Å². The van der Waals surface area contributed by atoms with Crippen LogP contribution in [-0.2, 0) is 4.79 Å². The molecule has 0 saturated carbocycles. The van der Waals surface area contributed by atoms with Gasteiger partial charge in [0.05, 0.1) is 5.71 Å². The van der Waals surface area contributed by atoms with Gasteiger partial charge in [-0.2, -0.15) is 16.4 Å². The first-order valence-corrected chi connectivity index (χ1v) is 8.41. The summed E-state index contributed by atoms with van der Waals surface area (Å²) in [5.41, 5.74) is 1.33. The molecule has 0 bridgehead atoms. The second kappa shape index (κ2) is 6.87. The Morgan fingerprint density at radius 3 is 2.82 bits per heavy atom. The van der Waals surface area contributed by atoms with Crippen molar-refractivity contribution >= 4 is 45.4 Å². The number of nitrogens with zero attached hydrogens (tertiary/aromatic N) is 2. The van der Waals surface area contributed by atoms with Gasteiger partial charge in [0.15, 0.2) is 5.44 Å². The molecule has 1 aromatic heterocycles. The molecule has 0 aliphatic carbocycles. The number of thioether (sulfide) groups is 1. The lowest BCUT2D eigenvalue weighted by atomic mass is 10.2. The first-order valence-electron chi connectivity index (χ1n) is 6.59. The van der Waals surface area contributed by atoms with Crippen molar-refractivity contribution in [1.82, 2.24) is 0 Å². The first kappa shape index (κ1) is 15.0. The molecule has 1 atom stereocenters. The standard InChI is InChI=1S/C15H13N3O2S2/c19-14(16-11-4-2-1-3-5-11)15(20)22-13-8-12(17-18-13)10-6-7-21-9-10/h1-7,9,15,20H,8H2,(H,16,19). The fraction of sp³-hybridized carbons (Fsp3) is 0.133. The zero-order chi connectivity index (χ0) is 15.4. The zero-order valence-electron chi connectivity index (χ0n) is 11.5. The number of aliphatic hydroxyl groups excluding tert-OH is 1. The number of rotatable bonds is 4. The van der Waals surface area contributed by atoms with Gasteiger partial charge in [-0.05, 0) is 29.0 Å². The largest absolute Gasteiger partial charge is 0.373 e. The quantitative estimate of drug-likeness (QED) is 0.846. The molecule has 112 valence electrons. The fourth-order valence-electron chi connectivity index (χ4n) is 1.89. The molecule has 0 saturated heterocycles. The van der Waals surface area contributed by atoms with Gasteiger partial charge in [0.25, 0.3) is 5.91 Å². The van der Waals surface area contributed by atoms with Crippen LogP contribution in [0, 0.1) is 0 Å². The molecule has 2 aromatic rings. The SMILES string of the molecule is O=C(Nc1ccccc1)C(O)SC1=NN=C(c2ccsc2)C1. The molecule has 7 heteroatoms. The smallest absolute Gasteiger partial charge is 0.264 e. The predicted octanol–water partition coefficient (Wildman–Crippen LogP) is 2.94. The average molecular weight is 331 g/mol. The molecule has 5 nitrogen and oxygen atoms in total. The summed E-state index contributed by atoms with van der Waals surface area (Å²) in [7, 11) is 0. The van der Waals surface area contributed by atoms with Gasteiger partial charge in [-0.1, -0.05) is 30.0 Å². The monoisotopic (exact) mass is 331 g/mol. The number of benzene rings is 1. The third-order valence-electron chi connectivity index (χ3n) is 2.97. The molecule has 0 radical (unpaired) electrons. The van der Waals surface area contributed by atoms with Crippen molar-refractivity contribution in [2.45, 2.75) is 11.9 Å². The van der Waals surface area contributed by atoms with Crippen molar-refractivity contribution in [1.29, 1.82) is 0 Å². The molecule has 1 unspecified atom stereocenters. The van der Waals surface area contributed by atoms with Crippen molar-refractivity contribution < 1.29 is 9.90 Å². The second-order valence-corrected chi connectivity index (χ2v) is 6.49. The van der Waals surface area contributed by atoms with E-state index in [-0.39, 0.29) is 0 Å². The van der Waals surface area contributed by atoms with E-state index in [0.29, 0.717) is 17.2 Å². The van der Waals surface area contributed by atoms with Crippen molar-refractivity contribution in [3.05, 3.63) is 52.7 Å². The van der Waals surface area contributed by atoms with Crippen LogP contribution in [0.5, 0.6) is 0 Å². The summed E-state index contributed by atoms with van der Waals surface area (Å²) in [6, 6.07) is 11.0. The van der Waals surface area contributed by atoms with Crippen LogP contribution < -0.4 is 5.32 Å². The Labute approximate surface area is 135 Å². The number of amides is 1. The van der Waals surface area contributed by atoms with Crippen LogP contribution in [0.15, 0.2) is 57.4 Å². The number of nitrogens with one attached hydrogen (secondary N) is 1. The number of anilines is 1. The van der Waals surface area contributed by atoms with Gasteiger partial charge in [0, 0.05) is 17.7 Å². The average Bonchev–Trinajstić information content (AvgIpc) is 3.19. The maximum absolute atomic E-state index is 11.9. The first-order chi connectivity index (χ1) is 10.7. The summed E-state index contributed by atoms with van der Waals surface area (Å²) in [4.78, 5) is 11.9. The summed E-state index contributed by atoms with van der Waals surface area (Å²) in [6.45, 7) is 0. The molecule has 1 aliphatic rings. The van der Waals surface area contributed by atoms with Crippen molar-refractivity contribution in [3.8, 4) is 0 Å². The second-order valence-electron chi connectivity index (χ2n) is 4.55. The molecule has 0 fully saturated rings. The molecule has 3 rings (SSSR count). The van der Waals surface area contributed by atoms with E-state index in [9.17, 15) is 9.90 Å². The van der Waals surface area contributed by atoms with E-state index in [1.807, 2.05) is 35.0 Å².